The maximum atomic E-state index is 5.84. The lowest BCUT2D eigenvalue weighted by Crippen LogP contribution is -2.36. The Bertz CT molecular complexity index is 785. The zero-order valence-corrected chi connectivity index (χ0v) is 14.8. The standard InChI is InChI=1S/C21H23N5/c22-15-16-8-12-26(13-9-16)20-14-19(17-6-10-23-11-7-17)24-21(25-20)18-4-2-1-3-5-18/h1-7,10-11,14,16H,8-9,12-13,15,22H2. The van der Waals surface area contributed by atoms with E-state index in [4.69, 9.17) is 15.7 Å². The van der Waals surface area contributed by atoms with Crippen LogP contribution in [0.25, 0.3) is 22.6 Å². The highest BCUT2D eigenvalue weighted by atomic mass is 15.2. The van der Waals surface area contributed by atoms with Gasteiger partial charge >= 0.3 is 0 Å². The van der Waals surface area contributed by atoms with Crippen molar-refractivity contribution in [3.05, 3.63) is 60.9 Å². The van der Waals surface area contributed by atoms with Crippen LogP contribution < -0.4 is 10.6 Å². The highest BCUT2D eigenvalue weighted by Crippen LogP contribution is 2.28. The van der Waals surface area contributed by atoms with E-state index in [1.54, 1.807) is 12.4 Å². The van der Waals surface area contributed by atoms with Crippen molar-refractivity contribution in [2.45, 2.75) is 12.8 Å². The van der Waals surface area contributed by atoms with Crippen LogP contribution in [0.15, 0.2) is 60.9 Å². The van der Waals surface area contributed by atoms with Gasteiger partial charge in [-0.05, 0) is 37.4 Å². The van der Waals surface area contributed by atoms with Gasteiger partial charge in [-0.3, -0.25) is 4.98 Å². The van der Waals surface area contributed by atoms with E-state index in [1.165, 1.54) is 0 Å². The molecule has 2 N–H and O–H groups in total. The maximum absolute atomic E-state index is 5.84. The molecule has 3 heterocycles. The van der Waals surface area contributed by atoms with Gasteiger partial charge in [0, 0.05) is 42.7 Å². The van der Waals surface area contributed by atoms with Crippen LogP contribution in [-0.2, 0) is 0 Å². The van der Waals surface area contributed by atoms with Crippen LogP contribution in [0.3, 0.4) is 0 Å². The number of piperidine rings is 1. The van der Waals surface area contributed by atoms with Crippen LogP contribution in [0.4, 0.5) is 5.82 Å². The summed E-state index contributed by atoms with van der Waals surface area (Å²) in [6.45, 7) is 2.75. The van der Waals surface area contributed by atoms with Gasteiger partial charge in [0.2, 0.25) is 0 Å². The number of nitrogens with zero attached hydrogens (tertiary/aromatic N) is 4. The zero-order chi connectivity index (χ0) is 17.8. The van der Waals surface area contributed by atoms with Crippen LogP contribution >= 0.6 is 0 Å². The number of hydrogen-bond donors (Lipinski definition) is 1. The summed E-state index contributed by atoms with van der Waals surface area (Å²) in [6, 6.07) is 16.2. The van der Waals surface area contributed by atoms with E-state index >= 15 is 0 Å². The number of nitrogens with two attached hydrogens (primary N) is 1. The summed E-state index contributed by atoms with van der Waals surface area (Å²) in [5, 5.41) is 0. The van der Waals surface area contributed by atoms with Crippen molar-refractivity contribution in [3.63, 3.8) is 0 Å². The Morgan fingerprint density at radius 1 is 0.923 bits per heavy atom. The fourth-order valence-corrected chi connectivity index (χ4v) is 3.38. The molecule has 5 nitrogen and oxygen atoms in total. The van der Waals surface area contributed by atoms with Crippen LogP contribution in [0.1, 0.15) is 12.8 Å². The van der Waals surface area contributed by atoms with Gasteiger partial charge in [0.1, 0.15) is 5.82 Å². The number of hydrogen-bond acceptors (Lipinski definition) is 5. The smallest absolute Gasteiger partial charge is 0.162 e. The molecule has 0 spiro atoms. The molecular formula is C21H23N5. The first-order valence-corrected chi connectivity index (χ1v) is 9.13. The number of anilines is 1. The molecule has 3 aromatic rings. The molecule has 4 rings (SSSR count). The summed E-state index contributed by atoms with van der Waals surface area (Å²) in [4.78, 5) is 16.2. The summed E-state index contributed by atoms with van der Waals surface area (Å²) in [5.74, 6) is 2.37. The first-order chi connectivity index (χ1) is 12.8. The first-order valence-electron chi connectivity index (χ1n) is 9.13. The van der Waals surface area contributed by atoms with Crippen molar-refractivity contribution in [1.29, 1.82) is 0 Å². The quantitative estimate of drug-likeness (QED) is 0.785. The lowest BCUT2D eigenvalue weighted by Gasteiger charge is -2.32. The molecule has 0 saturated carbocycles. The van der Waals surface area contributed by atoms with Gasteiger partial charge < -0.3 is 10.6 Å². The minimum absolute atomic E-state index is 0.626. The van der Waals surface area contributed by atoms with E-state index in [9.17, 15) is 0 Å². The maximum Gasteiger partial charge on any atom is 0.162 e. The topological polar surface area (TPSA) is 67.9 Å². The van der Waals surface area contributed by atoms with E-state index in [2.05, 4.69) is 28.1 Å². The molecule has 1 aliphatic rings. The predicted octanol–water partition coefficient (Wildman–Crippen LogP) is 3.38. The van der Waals surface area contributed by atoms with E-state index in [-0.39, 0.29) is 0 Å². The van der Waals surface area contributed by atoms with Crippen LogP contribution in [0.2, 0.25) is 0 Å². The summed E-state index contributed by atoms with van der Waals surface area (Å²) in [5.41, 5.74) is 8.85. The van der Waals surface area contributed by atoms with Gasteiger partial charge in [0.05, 0.1) is 5.69 Å². The minimum Gasteiger partial charge on any atom is -0.356 e. The molecule has 1 fully saturated rings. The number of aromatic nitrogens is 3. The number of rotatable bonds is 4. The second-order valence-electron chi connectivity index (χ2n) is 6.70. The Morgan fingerprint density at radius 2 is 1.65 bits per heavy atom. The molecule has 0 bridgehead atoms. The zero-order valence-electron chi connectivity index (χ0n) is 14.8. The third kappa shape index (κ3) is 3.58. The molecule has 1 aliphatic heterocycles. The van der Waals surface area contributed by atoms with Crippen molar-refractivity contribution >= 4 is 5.82 Å². The third-order valence-electron chi connectivity index (χ3n) is 4.99. The molecule has 132 valence electrons. The second-order valence-corrected chi connectivity index (χ2v) is 6.70. The molecule has 26 heavy (non-hydrogen) atoms. The van der Waals surface area contributed by atoms with Crippen molar-refractivity contribution in [1.82, 2.24) is 15.0 Å². The summed E-state index contributed by atoms with van der Waals surface area (Å²) in [6.07, 6.45) is 5.83. The lowest BCUT2D eigenvalue weighted by atomic mass is 9.97. The molecular weight excluding hydrogens is 322 g/mol. The fraction of sp³-hybridized carbons (Fsp3) is 0.286. The van der Waals surface area contributed by atoms with Crippen LogP contribution in [0, 0.1) is 5.92 Å². The largest absolute Gasteiger partial charge is 0.356 e. The Balaban J connectivity index is 1.74. The highest BCUT2D eigenvalue weighted by Gasteiger charge is 2.20. The predicted molar refractivity (Wildman–Crippen MR) is 105 cm³/mol. The van der Waals surface area contributed by atoms with Crippen molar-refractivity contribution in [2.24, 2.45) is 11.7 Å². The number of benzene rings is 1. The van der Waals surface area contributed by atoms with E-state index in [0.29, 0.717) is 5.92 Å². The van der Waals surface area contributed by atoms with Gasteiger partial charge in [-0.1, -0.05) is 30.3 Å². The van der Waals surface area contributed by atoms with Crippen molar-refractivity contribution in [3.8, 4) is 22.6 Å². The molecule has 0 aliphatic carbocycles. The molecule has 5 heteroatoms. The molecule has 0 atom stereocenters. The number of pyridine rings is 1. The fourth-order valence-electron chi connectivity index (χ4n) is 3.38. The van der Waals surface area contributed by atoms with Crippen molar-refractivity contribution in [2.75, 3.05) is 24.5 Å². The minimum atomic E-state index is 0.626. The molecule has 0 amide bonds. The Labute approximate surface area is 153 Å². The van der Waals surface area contributed by atoms with E-state index < -0.39 is 0 Å². The Kier molecular flexibility index (Phi) is 4.88. The van der Waals surface area contributed by atoms with Gasteiger partial charge in [0.15, 0.2) is 5.82 Å². The average Bonchev–Trinajstić information content (AvgIpc) is 2.75. The van der Waals surface area contributed by atoms with Gasteiger partial charge in [-0.25, -0.2) is 9.97 Å². The van der Waals surface area contributed by atoms with Gasteiger partial charge in [0.25, 0.3) is 0 Å². The molecule has 1 saturated heterocycles. The molecule has 1 aromatic carbocycles. The molecule has 0 radical (unpaired) electrons. The SMILES string of the molecule is NCC1CCN(c2cc(-c3ccncc3)nc(-c3ccccc3)n2)CC1. The molecule has 2 aromatic heterocycles. The monoisotopic (exact) mass is 345 g/mol. The van der Waals surface area contributed by atoms with Crippen molar-refractivity contribution < 1.29 is 0 Å². The van der Waals surface area contributed by atoms with E-state index in [0.717, 1.165) is 60.9 Å². The average molecular weight is 345 g/mol. The van der Waals surface area contributed by atoms with Crippen LogP contribution in [-0.4, -0.2) is 34.6 Å². The Morgan fingerprint density at radius 3 is 2.35 bits per heavy atom. The normalized spacial score (nSPS) is 15.2. The van der Waals surface area contributed by atoms with Gasteiger partial charge in [-0.15, -0.1) is 0 Å². The Hall–Kier alpha value is -2.79. The van der Waals surface area contributed by atoms with E-state index in [1.807, 2.05) is 30.3 Å². The first kappa shape index (κ1) is 16.7. The highest BCUT2D eigenvalue weighted by molar-refractivity contribution is 5.67. The summed E-state index contributed by atoms with van der Waals surface area (Å²) < 4.78 is 0. The second kappa shape index (κ2) is 7.62. The lowest BCUT2D eigenvalue weighted by molar-refractivity contribution is 0.413. The summed E-state index contributed by atoms with van der Waals surface area (Å²) >= 11 is 0. The summed E-state index contributed by atoms with van der Waals surface area (Å²) in [7, 11) is 0. The third-order valence-corrected chi connectivity index (χ3v) is 4.99. The van der Waals surface area contributed by atoms with Crippen LogP contribution in [0.5, 0.6) is 0 Å². The van der Waals surface area contributed by atoms with Gasteiger partial charge in [-0.2, -0.15) is 0 Å². The molecule has 0 unspecified atom stereocenters.